The number of ether oxygens (including phenoxy) is 1. The summed E-state index contributed by atoms with van der Waals surface area (Å²) in [5, 5.41) is 17.0. The number of carbonyl (C=O) groups is 1. The standard InChI is InChI=1S/C25H19ClN4O3/c1-2-32-23-13-21-20(12-22(23)30-24(31)10-9-19-4-3-11-33-19)25(16(14-27)15-28-21)29-18-7-5-17(26)6-8-18/h3-13,15H,2H2,1H3,(H,28,29)(H,30,31)/b10-9+. The lowest BCUT2D eigenvalue weighted by atomic mass is 10.1. The molecule has 0 saturated heterocycles. The van der Waals surface area contributed by atoms with Crippen molar-refractivity contribution >= 4 is 51.5 Å². The minimum Gasteiger partial charge on any atom is -0.492 e. The first kappa shape index (κ1) is 21.9. The number of benzene rings is 2. The van der Waals surface area contributed by atoms with Crippen LogP contribution in [-0.2, 0) is 4.79 Å². The number of anilines is 3. The third-order valence-electron chi connectivity index (χ3n) is 4.70. The molecule has 0 spiro atoms. The Labute approximate surface area is 195 Å². The molecule has 0 aliphatic heterocycles. The van der Waals surface area contributed by atoms with Crippen LogP contribution >= 0.6 is 11.6 Å². The van der Waals surface area contributed by atoms with Gasteiger partial charge >= 0.3 is 0 Å². The first-order chi connectivity index (χ1) is 16.1. The lowest BCUT2D eigenvalue weighted by Crippen LogP contribution is -2.10. The Morgan fingerprint density at radius 2 is 2.09 bits per heavy atom. The molecule has 33 heavy (non-hydrogen) atoms. The van der Waals surface area contributed by atoms with Gasteiger partial charge in [0.1, 0.15) is 17.6 Å². The fraction of sp³-hybridized carbons (Fsp3) is 0.0800. The maximum Gasteiger partial charge on any atom is 0.248 e. The molecular weight excluding hydrogens is 440 g/mol. The molecule has 4 rings (SSSR count). The van der Waals surface area contributed by atoms with Gasteiger partial charge in [0.05, 0.1) is 35.3 Å². The second-order valence-electron chi connectivity index (χ2n) is 6.93. The van der Waals surface area contributed by atoms with E-state index in [0.717, 1.165) is 5.69 Å². The van der Waals surface area contributed by atoms with Gasteiger partial charge in [0.2, 0.25) is 5.91 Å². The highest BCUT2D eigenvalue weighted by Crippen LogP contribution is 2.36. The van der Waals surface area contributed by atoms with Crippen LogP contribution in [0.1, 0.15) is 18.2 Å². The molecule has 2 aromatic carbocycles. The summed E-state index contributed by atoms with van der Waals surface area (Å²) < 4.78 is 10.9. The van der Waals surface area contributed by atoms with Gasteiger partial charge in [-0.15, -0.1) is 0 Å². The average Bonchev–Trinajstić information content (AvgIpc) is 3.34. The van der Waals surface area contributed by atoms with Crippen molar-refractivity contribution in [2.75, 3.05) is 17.2 Å². The van der Waals surface area contributed by atoms with Crippen LogP contribution in [0.2, 0.25) is 5.02 Å². The number of hydrogen-bond acceptors (Lipinski definition) is 6. The van der Waals surface area contributed by atoms with Gasteiger partial charge in [-0.1, -0.05) is 11.6 Å². The van der Waals surface area contributed by atoms with Crippen LogP contribution < -0.4 is 15.4 Å². The second kappa shape index (κ2) is 9.90. The van der Waals surface area contributed by atoms with Gasteiger partial charge in [-0.05, 0) is 55.5 Å². The minimum absolute atomic E-state index is 0.358. The van der Waals surface area contributed by atoms with E-state index in [2.05, 4.69) is 21.7 Å². The molecule has 0 saturated carbocycles. The number of pyridine rings is 1. The maximum absolute atomic E-state index is 12.5. The first-order valence-electron chi connectivity index (χ1n) is 10.1. The maximum atomic E-state index is 12.5. The molecule has 164 valence electrons. The van der Waals surface area contributed by atoms with E-state index in [0.29, 0.717) is 51.0 Å². The zero-order valence-corrected chi connectivity index (χ0v) is 18.4. The largest absolute Gasteiger partial charge is 0.492 e. The summed E-state index contributed by atoms with van der Waals surface area (Å²) in [5.41, 5.74) is 2.74. The van der Waals surface area contributed by atoms with Gasteiger partial charge in [0, 0.05) is 34.4 Å². The molecule has 1 amide bonds. The van der Waals surface area contributed by atoms with Crippen LogP contribution in [0, 0.1) is 11.3 Å². The van der Waals surface area contributed by atoms with Crippen molar-refractivity contribution in [1.82, 2.24) is 4.98 Å². The Balaban J connectivity index is 1.75. The molecule has 0 unspecified atom stereocenters. The predicted molar refractivity (Wildman–Crippen MR) is 129 cm³/mol. The summed E-state index contributed by atoms with van der Waals surface area (Å²) in [6, 6.07) is 16.3. The topological polar surface area (TPSA) is 100 Å². The number of nitrogens with zero attached hydrogens (tertiary/aromatic N) is 2. The van der Waals surface area contributed by atoms with E-state index in [1.54, 1.807) is 42.5 Å². The van der Waals surface area contributed by atoms with Crippen molar-refractivity contribution in [3.8, 4) is 11.8 Å². The number of rotatable bonds is 7. The van der Waals surface area contributed by atoms with E-state index in [4.69, 9.17) is 20.8 Å². The first-order valence-corrected chi connectivity index (χ1v) is 10.5. The summed E-state index contributed by atoms with van der Waals surface area (Å²) in [6.07, 6.45) is 5.97. The van der Waals surface area contributed by atoms with Gasteiger partial charge in [-0.25, -0.2) is 0 Å². The lowest BCUT2D eigenvalue weighted by molar-refractivity contribution is -0.111. The second-order valence-corrected chi connectivity index (χ2v) is 7.36. The molecular formula is C25H19ClN4O3. The minimum atomic E-state index is -0.358. The molecule has 4 aromatic rings. The quantitative estimate of drug-likeness (QED) is 0.322. The molecule has 2 heterocycles. The number of carbonyl (C=O) groups excluding carboxylic acids is 1. The van der Waals surface area contributed by atoms with Crippen LogP contribution in [0.25, 0.3) is 17.0 Å². The van der Waals surface area contributed by atoms with E-state index in [1.807, 2.05) is 19.1 Å². The number of amides is 1. The summed E-state index contributed by atoms with van der Waals surface area (Å²) >= 11 is 5.99. The molecule has 0 aliphatic rings. The highest BCUT2D eigenvalue weighted by atomic mass is 35.5. The fourth-order valence-electron chi connectivity index (χ4n) is 3.21. The number of aromatic nitrogens is 1. The number of nitriles is 1. The normalized spacial score (nSPS) is 10.8. The van der Waals surface area contributed by atoms with Crippen LogP contribution in [-0.4, -0.2) is 17.5 Å². The number of nitrogens with one attached hydrogen (secondary N) is 2. The van der Waals surface area contributed by atoms with Crippen LogP contribution in [0.3, 0.4) is 0 Å². The van der Waals surface area contributed by atoms with Gasteiger partial charge in [0.25, 0.3) is 0 Å². The Kier molecular flexibility index (Phi) is 6.58. The van der Waals surface area contributed by atoms with Crippen molar-refractivity contribution < 1.29 is 13.9 Å². The number of hydrogen-bond donors (Lipinski definition) is 2. The molecule has 7 nitrogen and oxygen atoms in total. The van der Waals surface area contributed by atoms with Gasteiger partial charge in [-0.3, -0.25) is 9.78 Å². The summed E-state index contributed by atoms with van der Waals surface area (Å²) in [7, 11) is 0. The Bertz CT molecular complexity index is 1360. The van der Waals surface area contributed by atoms with Crippen molar-refractivity contribution in [1.29, 1.82) is 5.26 Å². The summed E-state index contributed by atoms with van der Waals surface area (Å²) in [4.78, 5) is 16.9. The monoisotopic (exact) mass is 458 g/mol. The molecule has 0 fully saturated rings. The number of halogens is 1. The number of fused-ring (bicyclic) bond motifs is 1. The van der Waals surface area contributed by atoms with E-state index < -0.39 is 0 Å². The van der Waals surface area contributed by atoms with Crippen molar-refractivity contribution in [2.24, 2.45) is 0 Å². The average molecular weight is 459 g/mol. The van der Waals surface area contributed by atoms with Gasteiger partial charge in [-0.2, -0.15) is 5.26 Å². The third kappa shape index (κ3) is 5.14. The SMILES string of the molecule is CCOc1cc2ncc(C#N)c(Nc3ccc(Cl)cc3)c2cc1NC(=O)/C=C/c1ccco1. The van der Waals surface area contributed by atoms with E-state index in [1.165, 1.54) is 18.5 Å². The highest BCUT2D eigenvalue weighted by Gasteiger charge is 2.15. The predicted octanol–water partition coefficient (Wildman–Crippen LogP) is 6.15. The Hall–Kier alpha value is -4.28. The van der Waals surface area contributed by atoms with Crippen LogP contribution in [0.4, 0.5) is 17.1 Å². The lowest BCUT2D eigenvalue weighted by Gasteiger charge is -2.16. The Morgan fingerprint density at radius 1 is 1.27 bits per heavy atom. The molecule has 0 radical (unpaired) electrons. The number of furan rings is 1. The molecule has 2 N–H and O–H groups in total. The third-order valence-corrected chi connectivity index (χ3v) is 4.96. The Morgan fingerprint density at radius 3 is 2.79 bits per heavy atom. The van der Waals surface area contributed by atoms with Crippen molar-refractivity contribution in [3.63, 3.8) is 0 Å². The zero-order chi connectivity index (χ0) is 23.2. The summed E-state index contributed by atoms with van der Waals surface area (Å²) in [5.74, 6) is 0.675. The molecule has 0 aliphatic carbocycles. The smallest absolute Gasteiger partial charge is 0.248 e. The van der Waals surface area contributed by atoms with Crippen molar-refractivity contribution in [3.05, 3.63) is 83.4 Å². The zero-order valence-electron chi connectivity index (χ0n) is 17.6. The van der Waals surface area contributed by atoms with Gasteiger partial charge < -0.3 is 19.8 Å². The summed E-state index contributed by atoms with van der Waals surface area (Å²) in [6.45, 7) is 2.26. The molecule has 0 bridgehead atoms. The van der Waals surface area contributed by atoms with Crippen LogP contribution in [0.5, 0.6) is 5.75 Å². The van der Waals surface area contributed by atoms with E-state index in [-0.39, 0.29) is 5.91 Å². The van der Waals surface area contributed by atoms with E-state index >= 15 is 0 Å². The molecule has 2 aromatic heterocycles. The molecule has 0 atom stereocenters. The molecule has 8 heteroatoms. The van der Waals surface area contributed by atoms with Crippen LogP contribution in [0.15, 0.2) is 71.5 Å². The highest BCUT2D eigenvalue weighted by molar-refractivity contribution is 6.30. The van der Waals surface area contributed by atoms with Gasteiger partial charge in [0.15, 0.2) is 0 Å². The van der Waals surface area contributed by atoms with E-state index in [9.17, 15) is 10.1 Å². The van der Waals surface area contributed by atoms with Crippen molar-refractivity contribution in [2.45, 2.75) is 6.92 Å². The fourth-order valence-corrected chi connectivity index (χ4v) is 3.33.